The number of anilines is 1. The minimum Gasteiger partial charge on any atom is -0.396 e. The lowest BCUT2D eigenvalue weighted by Gasteiger charge is -2.41. The van der Waals surface area contributed by atoms with Gasteiger partial charge in [-0.25, -0.2) is 4.98 Å². The van der Waals surface area contributed by atoms with Crippen molar-refractivity contribution >= 4 is 16.5 Å². The van der Waals surface area contributed by atoms with Gasteiger partial charge in [-0.15, -0.1) is 11.3 Å². The van der Waals surface area contributed by atoms with Crippen molar-refractivity contribution in [2.45, 2.75) is 39.7 Å². The number of hydrogen-bond donors (Lipinski definition) is 2. The van der Waals surface area contributed by atoms with Crippen LogP contribution >= 0.6 is 11.3 Å². The number of aliphatic hydroxyl groups excluding tert-OH is 2. The number of hydrogen-bond acceptors (Lipinski definition) is 5. The minimum absolute atomic E-state index is 0.00670. The van der Waals surface area contributed by atoms with Crippen molar-refractivity contribution in [3.8, 4) is 0 Å². The van der Waals surface area contributed by atoms with Crippen molar-refractivity contribution in [1.29, 1.82) is 0 Å². The standard InChI is InChI=1S/C15H24N2O2S/c1-12(2)4-6-15(11-19)5-3-7-17(10-15)14-16-13(8-18)9-20-14/h4,9,18-19H,3,5-8,10-11H2,1-2H3/t15-/m0/s1. The number of aromatic nitrogens is 1. The Morgan fingerprint density at radius 1 is 1.50 bits per heavy atom. The summed E-state index contributed by atoms with van der Waals surface area (Å²) in [6.45, 7) is 6.22. The predicted octanol–water partition coefficient (Wildman–Crippen LogP) is 2.57. The van der Waals surface area contributed by atoms with Crippen LogP contribution in [0.5, 0.6) is 0 Å². The van der Waals surface area contributed by atoms with E-state index in [1.54, 1.807) is 11.3 Å². The van der Waals surface area contributed by atoms with Gasteiger partial charge in [0.15, 0.2) is 5.13 Å². The van der Waals surface area contributed by atoms with E-state index in [0.29, 0.717) is 0 Å². The molecule has 1 aliphatic rings. The molecule has 0 spiro atoms. The van der Waals surface area contributed by atoms with Crippen molar-refractivity contribution in [3.63, 3.8) is 0 Å². The van der Waals surface area contributed by atoms with E-state index in [1.165, 1.54) is 5.57 Å². The van der Waals surface area contributed by atoms with Crippen LogP contribution in [0.15, 0.2) is 17.0 Å². The summed E-state index contributed by atoms with van der Waals surface area (Å²) in [5, 5.41) is 21.8. The highest BCUT2D eigenvalue weighted by Gasteiger charge is 2.35. The molecular weight excluding hydrogens is 272 g/mol. The van der Waals surface area contributed by atoms with Crippen molar-refractivity contribution < 1.29 is 10.2 Å². The van der Waals surface area contributed by atoms with E-state index < -0.39 is 0 Å². The fraction of sp³-hybridized carbons (Fsp3) is 0.667. The molecule has 0 amide bonds. The molecule has 1 aromatic rings. The number of rotatable bonds is 5. The van der Waals surface area contributed by atoms with Crippen molar-refractivity contribution in [2.75, 3.05) is 24.6 Å². The summed E-state index contributed by atoms with van der Waals surface area (Å²) in [6, 6.07) is 0. The number of piperidine rings is 1. The number of allylic oxidation sites excluding steroid dienone is 2. The molecule has 0 unspecified atom stereocenters. The molecule has 0 aliphatic carbocycles. The molecule has 1 saturated heterocycles. The molecule has 0 bridgehead atoms. The summed E-state index contributed by atoms with van der Waals surface area (Å²) in [5.41, 5.74) is 1.97. The van der Waals surface area contributed by atoms with Crippen LogP contribution in [-0.4, -0.2) is 34.9 Å². The van der Waals surface area contributed by atoms with Gasteiger partial charge in [-0.1, -0.05) is 11.6 Å². The van der Waals surface area contributed by atoms with Crippen LogP contribution in [0.1, 0.15) is 38.8 Å². The molecule has 0 aromatic carbocycles. The van der Waals surface area contributed by atoms with Crippen molar-refractivity contribution in [2.24, 2.45) is 5.41 Å². The van der Waals surface area contributed by atoms with Gasteiger partial charge in [0.2, 0.25) is 0 Å². The summed E-state index contributed by atoms with van der Waals surface area (Å²) >= 11 is 1.57. The summed E-state index contributed by atoms with van der Waals surface area (Å²) in [6.07, 6.45) is 5.27. The van der Waals surface area contributed by atoms with Crippen LogP contribution in [-0.2, 0) is 6.61 Å². The number of aliphatic hydroxyl groups is 2. The molecule has 0 radical (unpaired) electrons. The molecule has 2 rings (SSSR count). The second-order valence-corrected chi connectivity index (χ2v) is 6.78. The first-order chi connectivity index (χ1) is 9.58. The third-order valence-corrected chi connectivity index (χ3v) is 4.86. The Balaban J connectivity index is 2.11. The Morgan fingerprint density at radius 2 is 2.30 bits per heavy atom. The van der Waals surface area contributed by atoms with Gasteiger partial charge in [0.25, 0.3) is 0 Å². The van der Waals surface area contributed by atoms with Crippen LogP contribution in [0.2, 0.25) is 0 Å². The van der Waals surface area contributed by atoms with Crippen LogP contribution in [0.25, 0.3) is 0 Å². The van der Waals surface area contributed by atoms with E-state index in [4.69, 9.17) is 5.11 Å². The Hall–Kier alpha value is -0.910. The lowest BCUT2D eigenvalue weighted by molar-refractivity contribution is 0.108. The van der Waals surface area contributed by atoms with Crippen LogP contribution in [0, 0.1) is 5.41 Å². The topological polar surface area (TPSA) is 56.6 Å². The zero-order valence-corrected chi connectivity index (χ0v) is 13.1. The Bertz CT molecular complexity index is 468. The van der Waals surface area contributed by atoms with Gasteiger partial charge in [0.1, 0.15) is 0 Å². The van der Waals surface area contributed by atoms with Gasteiger partial charge < -0.3 is 15.1 Å². The molecule has 112 valence electrons. The highest BCUT2D eigenvalue weighted by molar-refractivity contribution is 7.13. The van der Waals surface area contributed by atoms with Gasteiger partial charge in [0.05, 0.1) is 18.9 Å². The minimum atomic E-state index is -0.0550. The van der Waals surface area contributed by atoms with Gasteiger partial charge in [-0.2, -0.15) is 0 Å². The quantitative estimate of drug-likeness (QED) is 0.820. The first-order valence-corrected chi connectivity index (χ1v) is 8.01. The van der Waals surface area contributed by atoms with E-state index in [-0.39, 0.29) is 18.6 Å². The molecule has 0 saturated carbocycles. The van der Waals surface area contributed by atoms with E-state index in [2.05, 4.69) is 29.8 Å². The molecule has 1 fully saturated rings. The maximum absolute atomic E-state index is 9.86. The molecule has 2 N–H and O–H groups in total. The molecule has 1 atom stereocenters. The monoisotopic (exact) mass is 296 g/mol. The van der Waals surface area contributed by atoms with E-state index in [0.717, 1.165) is 43.2 Å². The third-order valence-electron chi connectivity index (χ3n) is 3.91. The average Bonchev–Trinajstić information content (AvgIpc) is 2.94. The van der Waals surface area contributed by atoms with Gasteiger partial charge in [-0.3, -0.25) is 0 Å². The Morgan fingerprint density at radius 3 is 2.90 bits per heavy atom. The average molecular weight is 296 g/mol. The first-order valence-electron chi connectivity index (χ1n) is 7.13. The first kappa shape index (κ1) is 15.5. The van der Waals surface area contributed by atoms with Gasteiger partial charge in [-0.05, 0) is 33.1 Å². The van der Waals surface area contributed by atoms with Crippen molar-refractivity contribution in [3.05, 3.63) is 22.7 Å². The maximum Gasteiger partial charge on any atom is 0.185 e. The zero-order chi connectivity index (χ0) is 14.6. The number of thiazole rings is 1. The summed E-state index contributed by atoms with van der Waals surface area (Å²) in [4.78, 5) is 6.70. The largest absolute Gasteiger partial charge is 0.396 e. The molecule has 1 aliphatic heterocycles. The second-order valence-electron chi connectivity index (χ2n) is 5.95. The van der Waals surface area contributed by atoms with Crippen molar-refractivity contribution in [1.82, 2.24) is 4.98 Å². The second kappa shape index (κ2) is 6.70. The normalized spacial score (nSPS) is 22.9. The number of nitrogens with zero attached hydrogens (tertiary/aromatic N) is 2. The zero-order valence-electron chi connectivity index (χ0n) is 12.3. The lowest BCUT2D eigenvalue weighted by atomic mass is 9.77. The van der Waals surface area contributed by atoms with Crippen LogP contribution < -0.4 is 4.90 Å². The lowest BCUT2D eigenvalue weighted by Crippen LogP contribution is -2.45. The fourth-order valence-electron chi connectivity index (χ4n) is 2.67. The Labute approximate surface area is 124 Å². The Kier molecular flexibility index (Phi) is 5.18. The predicted molar refractivity (Wildman–Crippen MR) is 83.1 cm³/mol. The fourth-order valence-corrected chi connectivity index (χ4v) is 3.51. The smallest absolute Gasteiger partial charge is 0.185 e. The van der Waals surface area contributed by atoms with Crippen LogP contribution in [0.4, 0.5) is 5.13 Å². The highest BCUT2D eigenvalue weighted by Crippen LogP contribution is 2.36. The molecule has 2 heterocycles. The summed E-state index contributed by atoms with van der Waals surface area (Å²) < 4.78 is 0. The van der Waals surface area contributed by atoms with Gasteiger partial charge in [0, 0.05) is 23.9 Å². The SMILES string of the molecule is CC(C)=CC[C@@]1(CO)CCCN(c2nc(CO)cs2)C1. The molecule has 1 aromatic heterocycles. The van der Waals surface area contributed by atoms with Gasteiger partial charge >= 0.3 is 0 Å². The summed E-state index contributed by atoms with van der Waals surface area (Å²) in [5.74, 6) is 0. The van der Waals surface area contributed by atoms with Crippen LogP contribution in [0.3, 0.4) is 0 Å². The molecule has 20 heavy (non-hydrogen) atoms. The third kappa shape index (κ3) is 3.59. The molecular formula is C15H24N2O2S. The van der Waals surface area contributed by atoms with E-state index in [9.17, 15) is 5.11 Å². The molecule has 4 nitrogen and oxygen atoms in total. The molecule has 5 heteroatoms. The highest BCUT2D eigenvalue weighted by atomic mass is 32.1. The van der Waals surface area contributed by atoms with E-state index in [1.807, 2.05) is 5.38 Å². The maximum atomic E-state index is 9.86. The van der Waals surface area contributed by atoms with E-state index >= 15 is 0 Å². The summed E-state index contributed by atoms with van der Waals surface area (Å²) in [7, 11) is 0.